The Morgan fingerprint density at radius 1 is 1.10 bits per heavy atom. The Kier molecular flexibility index (Phi) is 6.55. The Balaban J connectivity index is 2.04. The Bertz CT molecular complexity index is 948. The highest BCUT2D eigenvalue weighted by molar-refractivity contribution is 6.46. The van der Waals surface area contributed by atoms with Gasteiger partial charge in [-0.15, -0.1) is 0 Å². The first-order chi connectivity index (χ1) is 14.3. The van der Waals surface area contributed by atoms with Crippen LogP contribution in [0, 0.1) is 11.7 Å². The van der Waals surface area contributed by atoms with Crippen LogP contribution < -0.4 is 4.74 Å². The average Bonchev–Trinajstić information content (AvgIpc) is 2.98. The van der Waals surface area contributed by atoms with Crippen LogP contribution in [0.5, 0.6) is 5.75 Å². The zero-order valence-electron chi connectivity index (χ0n) is 17.4. The molecule has 1 atom stereocenters. The summed E-state index contributed by atoms with van der Waals surface area (Å²) in [5.74, 6) is -1.07. The Morgan fingerprint density at radius 3 is 2.30 bits per heavy atom. The fraction of sp³-hybridized carbons (Fsp3) is 0.333. The van der Waals surface area contributed by atoms with E-state index >= 15 is 0 Å². The second kappa shape index (κ2) is 9.11. The van der Waals surface area contributed by atoms with Gasteiger partial charge in [-0.1, -0.05) is 32.9 Å². The third kappa shape index (κ3) is 4.37. The molecular formula is C24H26FNO4. The second-order valence-electron chi connectivity index (χ2n) is 7.77. The number of rotatable bonds is 7. The molecule has 1 saturated heterocycles. The number of benzene rings is 2. The maximum absolute atomic E-state index is 13.3. The van der Waals surface area contributed by atoms with E-state index < -0.39 is 23.5 Å². The third-order valence-corrected chi connectivity index (χ3v) is 4.90. The first-order valence-corrected chi connectivity index (χ1v) is 10.1. The van der Waals surface area contributed by atoms with Crippen LogP contribution in [0.15, 0.2) is 54.1 Å². The van der Waals surface area contributed by atoms with Crippen LogP contribution in [0.2, 0.25) is 0 Å². The molecular weight excluding hydrogens is 385 g/mol. The summed E-state index contributed by atoms with van der Waals surface area (Å²) in [4.78, 5) is 26.9. The van der Waals surface area contributed by atoms with Crippen LogP contribution in [-0.4, -0.2) is 34.8 Å². The van der Waals surface area contributed by atoms with Crippen molar-refractivity contribution in [3.05, 3.63) is 71.0 Å². The summed E-state index contributed by atoms with van der Waals surface area (Å²) >= 11 is 0. The molecule has 30 heavy (non-hydrogen) atoms. The molecule has 0 aromatic heterocycles. The van der Waals surface area contributed by atoms with Crippen molar-refractivity contribution in [2.75, 3.05) is 13.2 Å². The van der Waals surface area contributed by atoms with Crippen LogP contribution in [-0.2, 0) is 9.59 Å². The summed E-state index contributed by atoms with van der Waals surface area (Å²) in [6.45, 7) is 6.99. The Hall–Kier alpha value is -3.15. The predicted octanol–water partition coefficient (Wildman–Crippen LogP) is 4.69. The zero-order chi connectivity index (χ0) is 21.8. The number of amides is 1. The molecule has 1 amide bonds. The van der Waals surface area contributed by atoms with E-state index in [-0.39, 0.29) is 16.9 Å². The molecule has 2 aromatic rings. The normalized spacial score (nSPS) is 18.3. The van der Waals surface area contributed by atoms with Crippen molar-refractivity contribution in [1.82, 2.24) is 4.90 Å². The third-order valence-electron chi connectivity index (χ3n) is 4.90. The first kappa shape index (κ1) is 21.6. The van der Waals surface area contributed by atoms with E-state index in [9.17, 15) is 19.1 Å². The van der Waals surface area contributed by atoms with Crippen molar-refractivity contribution < 1.29 is 23.8 Å². The van der Waals surface area contributed by atoms with Gasteiger partial charge in [0.1, 0.15) is 17.3 Å². The van der Waals surface area contributed by atoms with Crippen LogP contribution in [0.1, 0.15) is 44.4 Å². The van der Waals surface area contributed by atoms with Crippen molar-refractivity contribution in [2.24, 2.45) is 5.92 Å². The Labute approximate surface area is 175 Å². The first-order valence-electron chi connectivity index (χ1n) is 10.1. The Morgan fingerprint density at radius 2 is 1.73 bits per heavy atom. The number of halogens is 1. The highest BCUT2D eigenvalue weighted by atomic mass is 19.1. The van der Waals surface area contributed by atoms with E-state index in [4.69, 9.17) is 4.74 Å². The monoisotopic (exact) mass is 411 g/mol. The second-order valence-corrected chi connectivity index (χ2v) is 7.77. The smallest absolute Gasteiger partial charge is 0.295 e. The number of Topliss-reactive ketones (excluding diaryl/α,β-unsaturated/α-hetero) is 1. The molecule has 0 radical (unpaired) electrons. The van der Waals surface area contributed by atoms with Gasteiger partial charge in [0.25, 0.3) is 11.7 Å². The molecule has 1 aliphatic heterocycles. The number of carbonyl (C=O) groups excluding carboxylic acids is 2. The van der Waals surface area contributed by atoms with Crippen LogP contribution >= 0.6 is 0 Å². The predicted molar refractivity (Wildman–Crippen MR) is 112 cm³/mol. The minimum absolute atomic E-state index is 0.0101. The van der Waals surface area contributed by atoms with Crippen LogP contribution in [0.4, 0.5) is 4.39 Å². The molecule has 5 nitrogen and oxygen atoms in total. The van der Waals surface area contributed by atoms with E-state index in [0.717, 1.165) is 0 Å². The number of hydrogen-bond acceptors (Lipinski definition) is 4. The lowest BCUT2D eigenvalue weighted by Gasteiger charge is -2.25. The average molecular weight is 411 g/mol. The van der Waals surface area contributed by atoms with Gasteiger partial charge in [0.15, 0.2) is 0 Å². The highest BCUT2D eigenvalue weighted by Gasteiger charge is 2.45. The van der Waals surface area contributed by atoms with Gasteiger partial charge in [0, 0.05) is 12.1 Å². The topological polar surface area (TPSA) is 66.8 Å². The largest absolute Gasteiger partial charge is 0.507 e. The van der Waals surface area contributed by atoms with Gasteiger partial charge < -0.3 is 14.7 Å². The molecule has 0 saturated carbocycles. The van der Waals surface area contributed by atoms with Crippen molar-refractivity contribution in [2.45, 2.75) is 33.2 Å². The number of likely N-dealkylation sites (tertiary alicyclic amines) is 1. The molecule has 6 heteroatoms. The number of carbonyl (C=O) groups is 2. The summed E-state index contributed by atoms with van der Waals surface area (Å²) in [6, 6.07) is 11.6. The lowest BCUT2D eigenvalue weighted by Crippen LogP contribution is -2.30. The van der Waals surface area contributed by atoms with E-state index in [1.54, 1.807) is 24.3 Å². The van der Waals surface area contributed by atoms with Gasteiger partial charge >= 0.3 is 0 Å². The molecule has 1 aliphatic rings. The van der Waals surface area contributed by atoms with Gasteiger partial charge in [-0.3, -0.25) is 9.59 Å². The van der Waals surface area contributed by atoms with Crippen molar-refractivity contribution >= 4 is 17.4 Å². The standard InChI is InChI=1S/C24H26FNO4/c1-4-13-26-21(16-7-11-19(12-8-16)30-14-15(2)3)20(23(28)24(26)29)22(27)17-5-9-18(25)10-6-17/h5-12,15,21,27H,4,13-14H2,1-3H3/b22-20-. The van der Waals surface area contributed by atoms with Crippen molar-refractivity contribution in [3.8, 4) is 5.75 Å². The molecule has 1 N–H and O–H groups in total. The number of hydrogen-bond donors (Lipinski definition) is 1. The summed E-state index contributed by atoms with van der Waals surface area (Å²) in [5.41, 5.74) is 0.993. The van der Waals surface area contributed by atoms with Gasteiger partial charge in [-0.25, -0.2) is 4.39 Å². The lowest BCUT2D eigenvalue weighted by molar-refractivity contribution is -0.139. The summed E-state index contributed by atoms with van der Waals surface area (Å²) in [6.07, 6.45) is 0.662. The van der Waals surface area contributed by atoms with E-state index in [1.165, 1.54) is 29.2 Å². The summed E-state index contributed by atoms with van der Waals surface area (Å²) in [5, 5.41) is 10.8. The van der Waals surface area contributed by atoms with Gasteiger partial charge in [-0.2, -0.15) is 0 Å². The van der Waals surface area contributed by atoms with Gasteiger partial charge in [0.05, 0.1) is 18.2 Å². The summed E-state index contributed by atoms with van der Waals surface area (Å²) < 4.78 is 19.0. The molecule has 158 valence electrons. The number of aliphatic hydroxyl groups excluding tert-OH is 1. The number of nitrogens with zero attached hydrogens (tertiary/aromatic N) is 1. The number of ether oxygens (including phenoxy) is 1. The molecule has 1 fully saturated rings. The molecule has 1 heterocycles. The molecule has 1 unspecified atom stereocenters. The maximum atomic E-state index is 13.3. The fourth-order valence-corrected chi connectivity index (χ4v) is 3.47. The van der Waals surface area contributed by atoms with Crippen LogP contribution in [0.25, 0.3) is 5.76 Å². The minimum Gasteiger partial charge on any atom is -0.507 e. The molecule has 0 spiro atoms. The fourth-order valence-electron chi connectivity index (χ4n) is 3.47. The minimum atomic E-state index is -0.740. The molecule has 0 bridgehead atoms. The SMILES string of the molecule is CCCN1C(=O)C(=O)/C(=C(\O)c2ccc(F)cc2)C1c1ccc(OCC(C)C)cc1. The maximum Gasteiger partial charge on any atom is 0.295 e. The van der Waals surface area contributed by atoms with Crippen molar-refractivity contribution in [3.63, 3.8) is 0 Å². The summed E-state index contributed by atoms with van der Waals surface area (Å²) in [7, 11) is 0. The van der Waals surface area contributed by atoms with E-state index in [1.807, 2.05) is 6.92 Å². The molecule has 3 rings (SSSR count). The zero-order valence-corrected chi connectivity index (χ0v) is 17.4. The van der Waals surface area contributed by atoms with Crippen LogP contribution in [0.3, 0.4) is 0 Å². The molecule has 2 aromatic carbocycles. The van der Waals surface area contributed by atoms with Crippen molar-refractivity contribution in [1.29, 1.82) is 0 Å². The quantitative estimate of drug-likeness (QED) is 0.408. The lowest BCUT2D eigenvalue weighted by atomic mass is 9.95. The van der Waals surface area contributed by atoms with Gasteiger partial charge in [-0.05, 0) is 54.3 Å². The number of aliphatic hydroxyl groups is 1. The van der Waals surface area contributed by atoms with E-state index in [0.29, 0.717) is 36.8 Å². The highest BCUT2D eigenvalue weighted by Crippen LogP contribution is 2.39. The van der Waals surface area contributed by atoms with Gasteiger partial charge in [0.2, 0.25) is 0 Å². The van der Waals surface area contributed by atoms with E-state index in [2.05, 4.69) is 13.8 Å². The molecule has 0 aliphatic carbocycles. The number of ketones is 1.